The van der Waals surface area contributed by atoms with E-state index in [2.05, 4.69) is 20.9 Å². The number of hydrogen-bond acceptors (Lipinski definition) is 4. The molecule has 7 nitrogen and oxygen atoms in total. The average molecular weight is 365 g/mol. The fourth-order valence-electron chi connectivity index (χ4n) is 3.01. The third-order valence-corrected chi connectivity index (χ3v) is 4.52. The van der Waals surface area contributed by atoms with Crippen molar-refractivity contribution < 1.29 is 9.59 Å². The van der Waals surface area contributed by atoms with Crippen molar-refractivity contribution in [3.8, 4) is 0 Å². The molecule has 7 heteroatoms. The monoisotopic (exact) mass is 365 g/mol. The Morgan fingerprint density at radius 1 is 1.04 bits per heavy atom. The Bertz CT molecular complexity index is 1010. The van der Waals surface area contributed by atoms with Crippen molar-refractivity contribution in [2.75, 3.05) is 0 Å². The van der Waals surface area contributed by atoms with Crippen LogP contribution in [0.25, 0.3) is 5.65 Å². The summed E-state index contributed by atoms with van der Waals surface area (Å²) >= 11 is 0. The van der Waals surface area contributed by atoms with Crippen molar-refractivity contribution in [1.29, 1.82) is 0 Å². The zero-order valence-corrected chi connectivity index (χ0v) is 16.0. The van der Waals surface area contributed by atoms with E-state index in [-0.39, 0.29) is 18.2 Å². The van der Waals surface area contributed by atoms with Gasteiger partial charge in [0, 0.05) is 29.4 Å². The first-order valence-electron chi connectivity index (χ1n) is 8.83. The Morgan fingerprint density at radius 2 is 1.74 bits per heavy atom. The van der Waals surface area contributed by atoms with E-state index in [9.17, 15) is 9.59 Å². The van der Waals surface area contributed by atoms with Gasteiger partial charge in [-0.3, -0.25) is 20.4 Å². The average Bonchev–Trinajstić information content (AvgIpc) is 3.00. The molecule has 140 valence electrons. The van der Waals surface area contributed by atoms with E-state index in [0.717, 1.165) is 33.9 Å². The number of hydrogen-bond donors (Lipinski definition) is 2. The number of rotatable bonds is 4. The van der Waals surface area contributed by atoms with Crippen molar-refractivity contribution in [3.63, 3.8) is 0 Å². The summed E-state index contributed by atoms with van der Waals surface area (Å²) in [6, 6.07) is 9.06. The second-order valence-electron chi connectivity index (χ2n) is 6.69. The van der Waals surface area contributed by atoms with Gasteiger partial charge in [0.15, 0.2) is 5.65 Å². The van der Waals surface area contributed by atoms with Gasteiger partial charge in [0.1, 0.15) is 0 Å². The maximum Gasteiger partial charge on any atom is 0.269 e. The Balaban J connectivity index is 1.60. The summed E-state index contributed by atoms with van der Waals surface area (Å²) in [6.07, 6.45) is 0.759. The molecule has 0 saturated carbocycles. The van der Waals surface area contributed by atoms with Crippen LogP contribution in [0.1, 0.15) is 45.0 Å². The van der Waals surface area contributed by atoms with Crippen molar-refractivity contribution in [2.24, 2.45) is 0 Å². The molecule has 27 heavy (non-hydrogen) atoms. The summed E-state index contributed by atoms with van der Waals surface area (Å²) in [5.74, 6) is -0.600. The number of nitrogens with zero attached hydrogens (tertiary/aromatic N) is 3. The molecule has 0 saturated heterocycles. The minimum absolute atomic E-state index is 0.239. The highest BCUT2D eigenvalue weighted by Crippen LogP contribution is 2.16. The molecule has 0 bridgehead atoms. The predicted molar refractivity (Wildman–Crippen MR) is 102 cm³/mol. The van der Waals surface area contributed by atoms with Crippen LogP contribution in [0.3, 0.4) is 0 Å². The topological polar surface area (TPSA) is 88.4 Å². The Morgan fingerprint density at radius 3 is 2.44 bits per heavy atom. The molecule has 0 fully saturated rings. The minimum atomic E-state index is -0.342. The predicted octanol–water partition coefficient (Wildman–Crippen LogP) is 2.36. The van der Waals surface area contributed by atoms with E-state index >= 15 is 0 Å². The molecule has 1 aromatic carbocycles. The second kappa shape index (κ2) is 7.57. The largest absolute Gasteiger partial charge is 0.273 e. The van der Waals surface area contributed by atoms with Crippen LogP contribution >= 0.6 is 0 Å². The molecule has 0 radical (unpaired) electrons. The number of carbonyl (C=O) groups excluding carboxylic acids is 2. The van der Waals surface area contributed by atoms with Crippen LogP contribution < -0.4 is 10.9 Å². The highest BCUT2D eigenvalue weighted by molar-refractivity contribution is 5.95. The first kappa shape index (κ1) is 18.6. The molecule has 2 aromatic heterocycles. The first-order chi connectivity index (χ1) is 12.8. The standard InChI is InChI=1S/C20H23N5O2/c1-12-5-7-16(8-6-12)20(27)23-22-19(26)10-9-17-14(3)21-18-11-13(2)24-25(18)15(17)4/h5-8,11H,9-10H2,1-4H3,(H,22,26)(H,23,27). The summed E-state index contributed by atoms with van der Waals surface area (Å²) in [5.41, 5.74) is 11.0. The maximum absolute atomic E-state index is 12.1. The summed E-state index contributed by atoms with van der Waals surface area (Å²) in [4.78, 5) is 28.7. The fourth-order valence-corrected chi connectivity index (χ4v) is 3.01. The lowest BCUT2D eigenvalue weighted by atomic mass is 10.1. The summed E-state index contributed by atoms with van der Waals surface area (Å²) in [7, 11) is 0. The maximum atomic E-state index is 12.1. The number of fused-ring (bicyclic) bond motifs is 1. The Kier molecular flexibility index (Phi) is 5.21. The van der Waals surface area contributed by atoms with Gasteiger partial charge in [-0.15, -0.1) is 0 Å². The fraction of sp³-hybridized carbons (Fsp3) is 0.300. The third kappa shape index (κ3) is 4.13. The van der Waals surface area contributed by atoms with Crippen LogP contribution in [0.4, 0.5) is 0 Å². The van der Waals surface area contributed by atoms with Crippen molar-refractivity contribution in [1.82, 2.24) is 25.4 Å². The van der Waals surface area contributed by atoms with Gasteiger partial charge in [-0.05, 0) is 51.8 Å². The van der Waals surface area contributed by atoms with Gasteiger partial charge in [0.25, 0.3) is 5.91 Å². The molecule has 0 spiro atoms. The molecule has 0 aliphatic rings. The highest BCUT2D eigenvalue weighted by Gasteiger charge is 2.13. The van der Waals surface area contributed by atoms with E-state index in [1.165, 1.54) is 0 Å². The van der Waals surface area contributed by atoms with Crippen LogP contribution in [0.15, 0.2) is 30.3 Å². The molecule has 3 aromatic rings. The van der Waals surface area contributed by atoms with Crippen LogP contribution in [0.2, 0.25) is 0 Å². The Hall–Kier alpha value is -3.22. The van der Waals surface area contributed by atoms with E-state index in [4.69, 9.17) is 0 Å². The number of amides is 2. The zero-order valence-electron chi connectivity index (χ0n) is 16.0. The van der Waals surface area contributed by atoms with Crippen molar-refractivity contribution in [3.05, 3.63) is 64.1 Å². The SMILES string of the molecule is Cc1ccc(C(=O)NNC(=O)CCc2c(C)nc3cc(C)nn3c2C)cc1. The minimum Gasteiger partial charge on any atom is -0.273 e. The normalized spacial score (nSPS) is 10.8. The van der Waals surface area contributed by atoms with E-state index in [1.807, 2.05) is 45.9 Å². The van der Waals surface area contributed by atoms with Gasteiger partial charge in [-0.1, -0.05) is 17.7 Å². The molecule has 3 rings (SSSR count). The molecule has 0 aliphatic carbocycles. The highest BCUT2D eigenvalue weighted by atomic mass is 16.2. The molecular weight excluding hydrogens is 342 g/mol. The smallest absolute Gasteiger partial charge is 0.269 e. The van der Waals surface area contributed by atoms with Gasteiger partial charge in [-0.2, -0.15) is 5.10 Å². The van der Waals surface area contributed by atoms with Crippen LogP contribution in [-0.4, -0.2) is 26.4 Å². The van der Waals surface area contributed by atoms with E-state index in [0.29, 0.717) is 12.0 Å². The molecule has 2 N–H and O–H groups in total. The second-order valence-corrected chi connectivity index (χ2v) is 6.69. The van der Waals surface area contributed by atoms with Gasteiger partial charge in [0.2, 0.25) is 5.91 Å². The quantitative estimate of drug-likeness (QED) is 0.695. The van der Waals surface area contributed by atoms with Gasteiger partial charge >= 0.3 is 0 Å². The molecule has 0 unspecified atom stereocenters. The lowest BCUT2D eigenvalue weighted by Crippen LogP contribution is -2.41. The van der Waals surface area contributed by atoms with Crippen LogP contribution in [0, 0.1) is 27.7 Å². The van der Waals surface area contributed by atoms with Crippen LogP contribution in [0.5, 0.6) is 0 Å². The molecule has 2 amide bonds. The first-order valence-corrected chi connectivity index (χ1v) is 8.83. The van der Waals surface area contributed by atoms with Gasteiger partial charge < -0.3 is 0 Å². The number of aromatic nitrogens is 3. The van der Waals surface area contributed by atoms with Crippen LogP contribution in [-0.2, 0) is 11.2 Å². The molecule has 0 aliphatic heterocycles. The van der Waals surface area contributed by atoms with Gasteiger partial charge in [-0.25, -0.2) is 9.50 Å². The van der Waals surface area contributed by atoms with Gasteiger partial charge in [0.05, 0.1) is 5.69 Å². The number of hydrazine groups is 1. The molecule has 2 heterocycles. The van der Waals surface area contributed by atoms with Crippen molar-refractivity contribution in [2.45, 2.75) is 40.5 Å². The summed E-state index contributed by atoms with van der Waals surface area (Å²) in [5, 5.41) is 4.44. The molecular formula is C20H23N5O2. The van der Waals surface area contributed by atoms with E-state index in [1.54, 1.807) is 16.6 Å². The zero-order chi connectivity index (χ0) is 19.6. The summed E-state index contributed by atoms with van der Waals surface area (Å²) in [6.45, 7) is 7.78. The van der Waals surface area contributed by atoms with Crippen molar-refractivity contribution >= 4 is 17.5 Å². The number of benzene rings is 1. The van der Waals surface area contributed by atoms with E-state index < -0.39 is 0 Å². The number of aryl methyl sites for hydroxylation is 4. The number of nitrogens with one attached hydrogen (secondary N) is 2. The number of carbonyl (C=O) groups is 2. The lowest BCUT2D eigenvalue weighted by Gasteiger charge is -2.11. The molecule has 0 atom stereocenters. The summed E-state index contributed by atoms with van der Waals surface area (Å²) < 4.78 is 1.80. The lowest BCUT2D eigenvalue weighted by molar-refractivity contribution is -0.121. The Labute approximate surface area is 157 Å². The third-order valence-electron chi connectivity index (χ3n) is 4.52.